The number of hydrogen-bond acceptors (Lipinski definition) is 6. The molecule has 2 aliphatic heterocycles. The van der Waals surface area contributed by atoms with Gasteiger partial charge >= 0.3 is 6.03 Å². The molecular weight excluding hydrogens is 296 g/mol. The molecule has 1 aromatic carbocycles. The van der Waals surface area contributed by atoms with Crippen LogP contribution in [0.15, 0.2) is 18.2 Å². The van der Waals surface area contributed by atoms with Gasteiger partial charge < -0.3 is 21.2 Å². The first-order chi connectivity index (χ1) is 11.1. The molecule has 7 N–H and O–H groups in total. The van der Waals surface area contributed by atoms with Crippen LogP contribution in [0.2, 0.25) is 0 Å². The van der Waals surface area contributed by atoms with Crippen LogP contribution >= 0.6 is 0 Å². The van der Waals surface area contributed by atoms with Crippen LogP contribution in [0.5, 0.6) is 0 Å². The van der Waals surface area contributed by atoms with Crippen molar-refractivity contribution in [3.8, 4) is 0 Å². The minimum atomic E-state index is -0.412. The molecule has 0 aliphatic carbocycles. The molecule has 1 saturated heterocycles. The van der Waals surface area contributed by atoms with E-state index < -0.39 is 6.29 Å². The van der Waals surface area contributed by atoms with E-state index in [0.717, 1.165) is 31.6 Å². The van der Waals surface area contributed by atoms with Crippen molar-refractivity contribution in [2.24, 2.45) is 0 Å². The molecule has 3 unspecified atom stereocenters. The van der Waals surface area contributed by atoms with Gasteiger partial charge in [0.15, 0.2) is 0 Å². The Morgan fingerprint density at radius 1 is 1.30 bits per heavy atom. The summed E-state index contributed by atoms with van der Waals surface area (Å²) < 4.78 is 0. The molecule has 23 heavy (non-hydrogen) atoms. The van der Waals surface area contributed by atoms with Gasteiger partial charge in [-0.3, -0.25) is 10.6 Å². The van der Waals surface area contributed by atoms with Gasteiger partial charge in [0.2, 0.25) is 0 Å². The van der Waals surface area contributed by atoms with Crippen LogP contribution in [0.1, 0.15) is 24.5 Å². The second-order valence-electron chi connectivity index (χ2n) is 6.09. The molecule has 0 spiro atoms. The average Bonchev–Trinajstić information content (AvgIpc) is 2.54. The molecule has 3 rings (SSSR count). The minimum Gasteiger partial charge on any atom is -0.315 e. The maximum atomic E-state index is 12.2. The van der Waals surface area contributed by atoms with Crippen molar-refractivity contribution in [1.82, 2.24) is 26.7 Å². The molecule has 1 aromatic rings. The predicted octanol–water partition coefficient (Wildman–Crippen LogP) is 0.0137. The lowest BCUT2D eigenvalue weighted by Gasteiger charge is -2.35. The highest BCUT2D eigenvalue weighted by atomic mass is 16.5. The molecular formula is C15H24N6O2. The minimum absolute atomic E-state index is 0.169. The van der Waals surface area contributed by atoms with Crippen LogP contribution in [0, 0.1) is 0 Å². The molecule has 3 atom stereocenters. The fourth-order valence-electron chi connectivity index (χ4n) is 3.05. The van der Waals surface area contributed by atoms with Crippen molar-refractivity contribution in [2.75, 3.05) is 11.9 Å². The molecule has 0 saturated carbocycles. The first-order valence-corrected chi connectivity index (χ1v) is 7.96. The smallest absolute Gasteiger partial charge is 0.315 e. The summed E-state index contributed by atoms with van der Waals surface area (Å²) in [4.78, 5) is 12.2. The van der Waals surface area contributed by atoms with Gasteiger partial charge in [-0.05, 0) is 49.6 Å². The Bertz CT molecular complexity index is 567. The number of urea groups is 1. The van der Waals surface area contributed by atoms with E-state index in [1.807, 2.05) is 25.1 Å². The Labute approximate surface area is 135 Å². The lowest BCUT2D eigenvalue weighted by molar-refractivity contribution is 0.0670. The van der Waals surface area contributed by atoms with Gasteiger partial charge in [-0.15, -0.1) is 0 Å². The third kappa shape index (κ3) is 4.18. The molecule has 2 amide bonds. The third-order valence-corrected chi connectivity index (χ3v) is 4.19. The van der Waals surface area contributed by atoms with E-state index >= 15 is 0 Å². The molecule has 1 fully saturated rings. The zero-order valence-corrected chi connectivity index (χ0v) is 13.1. The number of anilines is 1. The fourth-order valence-corrected chi connectivity index (χ4v) is 3.05. The number of fused-ring (bicyclic) bond motifs is 1. The van der Waals surface area contributed by atoms with E-state index in [-0.39, 0.29) is 18.2 Å². The largest absolute Gasteiger partial charge is 0.321 e. The molecule has 8 heteroatoms. The number of hydroxylamine groups is 1. The maximum absolute atomic E-state index is 12.2. The number of carbonyl (C=O) groups excluding carboxylic acids is 1. The molecule has 126 valence electrons. The first-order valence-electron chi connectivity index (χ1n) is 7.96. The van der Waals surface area contributed by atoms with E-state index in [2.05, 4.69) is 32.1 Å². The summed E-state index contributed by atoms with van der Waals surface area (Å²) in [6.45, 7) is 3.84. The first kappa shape index (κ1) is 16.2. The standard InChI is InChI=1S/C15H24N6O2/c1-9-6-13(21-23)19-14(17-9)20-15(22)18-12-3-2-11-8-16-5-4-10(11)7-12/h2-3,7,9,13-14,16-17,19,21,23H,4-6,8H2,1H3,(H2,18,20,22). The highest BCUT2D eigenvalue weighted by Crippen LogP contribution is 2.18. The van der Waals surface area contributed by atoms with Crippen LogP contribution in [0.25, 0.3) is 0 Å². The Hall–Kier alpha value is -1.71. The molecule has 8 nitrogen and oxygen atoms in total. The zero-order chi connectivity index (χ0) is 16.2. The summed E-state index contributed by atoms with van der Waals surface area (Å²) >= 11 is 0. The maximum Gasteiger partial charge on any atom is 0.321 e. The number of rotatable bonds is 3. The van der Waals surface area contributed by atoms with Gasteiger partial charge in [0.25, 0.3) is 0 Å². The van der Waals surface area contributed by atoms with E-state index in [4.69, 9.17) is 5.21 Å². The Morgan fingerprint density at radius 2 is 2.17 bits per heavy atom. The van der Waals surface area contributed by atoms with Gasteiger partial charge in [-0.2, -0.15) is 5.48 Å². The van der Waals surface area contributed by atoms with E-state index in [1.165, 1.54) is 11.1 Å². The number of carbonyl (C=O) groups is 1. The third-order valence-electron chi connectivity index (χ3n) is 4.19. The Kier molecular flexibility index (Phi) is 5.09. The molecule has 0 aromatic heterocycles. The van der Waals surface area contributed by atoms with Crippen LogP contribution in [0.3, 0.4) is 0 Å². The number of benzene rings is 1. The lowest BCUT2D eigenvalue weighted by atomic mass is 10.0. The van der Waals surface area contributed by atoms with Crippen molar-refractivity contribution in [1.29, 1.82) is 0 Å². The molecule has 0 bridgehead atoms. The average molecular weight is 320 g/mol. The normalized spacial score (nSPS) is 27.1. The van der Waals surface area contributed by atoms with Crippen molar-refractivity contribution in [3.05, 3.63) is 29.3 Å². The van der Waals surface area contributed by atoms with Gasteiger partial charge in [0, 0.05) is 18.3 Å². The summed E-state index contributed by atoms with van der Waals surface area (Å²) in [5.74, 6) is 0. The van der Waals surface area contributed by atoms with Crippen LogP contribution < -0.4 is 32.1 Å². The zero-order valence-electron chi connectivity index (χ0n) is 13.1. The van der Waals surface area contributed by atoms with Crippen LogP contribution in [0.4, 0.5) is 10.5 Å². The Balaban J connectivity index is 1.56. The molecule has 0 radical (unpaired) electrons. The number of hydrogen-bond donors (Lipinski definition) is 7. The lowest BCUT2D eigenvalue weighted by Crippen LogP contribution is -2.67. The van der Waals surface area contributed by atoms with Crippen molar-refractivity contribution in [2.45, 2.75) is 44.8 Å². The second-order valence-corrected chi connectivity index (χ2v) is 6.09. The summed E-state index contributed by atoms with van der Waals surface area (Å²) in [5.41, 5.74) is 5.53. The fraction of sp³-hybridized carbons (Fsp3) is 0.533. The number of amides is 2. The Morgan fingerprint density at radius 3 is 3.00 bits per heavy atom. The number of nitrogens with one attached hydrogen (secondary N) is 6. The van der Waals surface area contributed by atoms with Crippen molar-refractivity contribution in [3.63, 3.8) is 0 Å². The summed E-state index contributed by atoms with van der Waals surface area (Å²) in [5, 5.41) is 24.3. The topological polar surface area (TPSA) is 109 Å². The van der Waals surface area contributed by atoms with Gasteiger partial charge in [0.05, 0.1) is 6.17 Å². The van der Waals surface area contributed by atoms with Crippen LogP contribution in [-0.4, -0.2) is 36.3 Å². The van der Waals surface area contributed by atoms with E-state index in [0.29, 0.717) is 0 Å². The van der Waals surface area contributed by atoms with Gasteiger partial charge in [-0.1, -0.05) is 6.07 Å². The quantitative estimate of drug-likeness (QED) is 0.396. The van der Waals surface area contributed by atoms with Crippen molar-refractivity contribution >= 4 is 11.7 Å². The highest BCUT2D eigenvalue weighted by Gasteiger charge is 2.25. The monoisotopic (exact) mass is 320 g/mol. The summed E-state index contributed by atoms with van der Waals surface area (Å²) in [7, 11) is 0. The highest BCUT2D eigenvalue weighted by molar-refractivity contribution is 5.89. The summed E-state index contributed by atoms with van der Waals surface area (Å²) in [6, 6.07) is 5.85. The van der Waals surface area contributed by atoms with Crippen molar-refractivity contribution < 1.29 is 10.0 Å². The molecule has 2 aliphatic rings. The van der Waals surface area contributed by atoms with Gasteiger partial charge in [-0.25, -0.2) is 4.79 Å². The van der Waals surface area contributed by atoms with Gasteiger partial charge in [0.1, 0.15) is 6.29 Å². The van der Waals surface area contributed by atoms with Crippen LogP contribution in [-0.2, 0) is 13.0 Å². The SMILES string of the molecule is CC1CC(NO)NC(NC(=O)Nc2ccc3c(c2)CCNC3)N1. The predicted molar refractivity (Wildman–Crippen MR) is 86.9 cm³/mol. The second kappa shape index (κ2) is 7.24. The molecule has 2 heterocycles. The summed E-state index contributed by atoms with van der Waals surface area (Å²) in [6.07, 6.45) is 1.02. The van der Waals surface area contributed by atoms with E-state index in [1.54, 1.807) is 0 Å². The van der Waals surface area contributed by atoms with E-state index in [9.17, 15) is 4.79 Å².